The fourth-order valence-electron chi connectivity index (χ4n) is 3.35. The van der Waals surface area contributed by atoms with E-state index >= 15 is 0 Å². The van der Waals surface area contributed by atoms with Crippen molar-refractivity contribution < 1.29 is 23.7 Å². The molecule has 1 aromatic heterocycles. The zero-order valence-corrected chi connectivity index (χ0v) is 15.6. The smallest absolute Gasteiger partial charge is 0.352 e. The van der Waals surface area contributed by atoms with Crippen molar-refractivity contribution in [2.24, 2.45) is 0 Å². The van der Waals surface area contributed by atoms with Crippen LogP contribution in [0.4, 0.5) is 15.9 Å². The number of halogens is 1. The number of alkyl halides is 1. The molecular weight excluding hydrogens is 369 g/mol. The van der Waals surface area contributed by atoms with Gasteiger partial charge in [0, 0.05) is 0 Å². The van der Waals surface area contributed by atoms with Gasteiger partial charge in [0.2, 0.25) is 0 Å². The van der Waals surface area contributed by atoms with Gasteiger partial charge in [-0.1, -0.05) is 19.9 Å². The highest BCUT2D eigenvalue weighted by molar-refractivity contribution is 5.77. The van der Waals surface area contributed by atoms with E-state index in [0.29, 0.717) is 30.2 Å². The number of nitrogens with one attached hydrogen (secondary N) is 1. The Morgan fingerprint density at radius 1 is 1.36 bits per heavy atom. The molecule has 2 aliphatic rings. The van der Waals surface area contributed by atoms with Gasteiger partial charge < -0.3 is 24.6 Å². The summed E-state index contributed by atoms with van der Waals surface area (Å²) < 4.78 is 32.6. The van der Waals surface area contributed by atoms with Crippen molar-refractivity contribution in [3.05, 3.63) is 34.9 Å². The minimum atomic E-state index is -1.74. The first-order valence-electron chi connectivity index (χ1n) is 9.35. The summed E-state index contributed by atoms with van der Waals surface area (Å²) in [6, 6.07) is 5.34. The molecule has 2 aromatic rings. The summed E-state index contributed by atoms with van der Waals surface area (Å²) in [5, 5.41) is 13.0. The first-order chi connectivity index (χ1) is 13.5. The van der Waals surface area contributed by atoms with E-state index in [4.69, 9.17) is 14.2 Å². The predicted molar refractivity (Wildman–Crippen MR) is 99.2 cm³/mol. The first kappa shape index (κ1) is 18.7. The highest BCUT2D eigenvalue weighted by Crippen LogP contribution is 2.45. The molecule has 28 heavy (non-hydrogen) atoms. The normalized spacial score (nSPS) is 25.4. The Hall–Kier alpha value is -2.65. The van der Waals surface area contributed by atoms with Crippen LogP contribution < -0.4 is 20.5 Å². The number of rotatable bonds is 5. The predicted octanol–water partition coefficient (Wildman–Crippen LogP) is 2.89. The van der Waals surface area contributed by atoms with Gasteiger partial charge in [0.1, 0.15) is 17.5 Å². The Morgan fingerprint density at radius 3 is 2.89 bits per heavy atom. The molecule has 0 bridgehead atoms. The quantitative estimate of drug-likeness (QED) is 0.690. The maximum Gasteiger partial charge on any atom is 0.352 e. The van der Waals surface area contributed by atoms with E-state index in [2.05, 4.69) is 10.3 Å². The Morgan fingerprint density at radius 2 is 2.18 bits per heavy atom. The molecule has 0 radical (unpaired) electrons. The molecule has 1 fully saturated rings. The number of aromatic nitrogens is 2. The molecule has 150 valence electrons. The van der Waals surface area contributed by atoms with Crippen LogP contribution in [0.15, 0.2) is 29.2 Å². The van der Waals surface area contributed by atoms with Crippen LogP contribution in [-0.2, 0) is 4.74 Å². The number of para-hydroxylation sites is 1. The molecule has 9 heteroatoms. The Labute approximate surface area is 160 Å². The Kier molecular flexibility index (Phi) is 4.94. The van der Waals surface area contributed by atoms with Crippen molar-refractivity contribution in [1.82, 2.24) is 9.55 Å². The molecule has 2 aliphatic heterocycles. The zero-order chi connectivity index (χ0) is 19.8. The third kappa shape index (κ3) is 3.10. The number of fused-ring (bicyclic) bond motifs is 2. The largest absolute Gasteiger partial charge is 0.491 e. The molecule has 1 aromatic carbocycles. The maximum atomic E-state index is 14.5. The fraction of sp³-hybridized carbons (Fsp3) is 0.474. The zero-order valence-electron chi connectivity index (χ0n) is 15.6. The van der Waals surface area contributed by atoms with Crippen LogP contribution in [0.2, 0.25) is 0 Å². The lowest BCUT2D eigenvalue weighted by molar-refractivity contribution is -0.0282. The van der Waals surface area contributed by atoms with Crippen LogP contribution >= 0.6 is 0 Å². The average molecular weight is 391 g/mol. The van der Waals surface area contributed by atoms with E-state index in [0.717, 1.165) is 11.0 Å². The third-order valence-electron chi connectivity index (χ3n) is 4.80. The maximum absolute atomic E-state index is 14.5. The van der Waals surface area contributed by atoms with Crippen LogP contribution in [0, 0.1) is 0 Å². The summed E-state index contributed by atoms with van der Waals surface area (Å²) >= 11 is 0. The van der Waals surface area contributed by atoms with E-state index in [1.807, 2.05) is 6.92 Å². The second-order valence-corrected chi connectivity index (χ2v) is 6.76. The molecule has 2 N–H and O–H groups in total. The molecule has 4 rings (SSSR count). The van der Waals surface area contributed by atoms with Gasteiger partial charge in [-0.2, -0.15) is 4.98 Å². The average Bonchev–Trinajstić information content (AvgIpc) is 2.98. The Bertz CT molecular complexity index is 934. The summed E-state index contributed by atoms with van der Waals surface area (Å²) in [6.07, 6.45) is -2.34. The SMILES string of the molecule is CCCOc1cccc2c1Nc1nc(=O)n([C@@H]3O[C@H](CC)[C@H](O)C3F)cc1O2. The molecule has 4 atom stereocenters. The van der Waals surface area contributed by atoms with Gasteiger partial charge in [-0.25, -0.2) is 9.18 Å². The molecular formula is C19H22FN3O5. The number of benzene rings is 1. The number of aliphatic hydroxyl groups excluding tert-OH is 1. The second-order valence-electron chi connectivity index (χ2n) is 6.76. The topological polar surface area (TPSA) is 94.8 Å². The van der Waals surface area contributed by atoms with Gasteiger partial charge in [-0.15, -0.1) is 0 Å². The summed E-state index contributed by atoms with van der Waals surface area (Å²) in [5.41, 5.74) is -0.128. The lowest BCUT2D eigenvalue weighted by Crippen LogP contribution is -2.33. The minimum absolute atomic E-state index is 0.210. The van der Waals surface area contributed by atoms with Crippen molar-refractivity contribution >= 4 is 11.5 Å². The van der Waals surface area contributed by atoms with Gasteiger partial charge in [0.05, 0.1) is 18.9 Å². The van der Waals surface area contributed by atoms with Crippen LogP contribution in [0.25, 0.3) is 0 Å². The first-order valence-corrected chi connectivity index (χ1v) is 9.35. The van der Waals surface area contributed by atoms with Crippen molar-refractivity contribution in [3.63, 3.8) is 0 Å². The van der Waals surface area contributed by atoms with Crippen molar-refractivity contribution in [2.75, 3.05) is 11.9 Å². The summed E-state index contributed by atoms with van der Waals surface area (Å²) in [4.78, 5) is 16.5. The van der Waals surface area contributed by atoms with Crippen LogP contribution in [0.3, 0.4) is 0 Å². The second kappa shape index (κ2) is 7.40. The highest BCUT2D eigenvalue weighted by Gasteiger charge is 2.45. The monoisotopic (exact) mass is 391 g/mol. The third-order valence-corrected chi connectivity index (χ3v) is 4.80. The van der Waals surface area contributed by atoms with Gasteiger partial charge in [0.25, 0.3) is 0 Å². The molecule has 0 amide bonds. The fourth-order valence-corrected chi connectivity index (χ4v) is 3.35. The number of nitrogens with zero attached hydrogens (tertiary/aromatic N) is 2. The molecule has 1 saturated heterocycles. The van der Waals surface area contributed by atoms with Crippen molar-refractivity contribution in [1.29, 1.82) is 0 Å². The molecule has 0 aliphatic carbocycles. The highest BCUT2D eigenvalue weighted by atomic mass is 19.1. The minimum Gasteiger partial charge on any atom is -0.491 e. The number of hydrogen-bond acceptors (Lipinski definition) is 7. The molecule has 0 saturated carbocycles. The Balaban J connectivity index is 1.67. The molecule has 3 heterocycles. The van der Waals surface area contributed by atoms with Gasteiger partial charge >= 0.3 is 5.69 Å². The number of hydrogen-bond donors (Lipinski definition) is 2. The molecule has 1 unspecified atom stereocenters. The van der Waals surface area contributed by atoms with E-state index in [-0.39, 0.29) is 11.6 Å². The van der Waals surface area contributed by atoms with Crippen LogP contribution in [-0.4, -0.2) is 39.6 Å². The number of ether oxygens (including phenoxy) is 3. The van der Waals surface area contributed by atoms with Crippen molar-refractivity contribution in [3.8, 4) is 17.2 Å². The van der Waals surface area contributed by atoms with E-state index in [1.165, 1.54) is 6.20 Å². The van der Waals surface area contributed by atoms with Crippen LogP contribution in [0.1, 0.15) is 32.9 Å². The van der Waals surface area contributed by atoms with E-state index in [1.54, 1.807) is 25.1 Å². The lowest BCUT2D eigenvalue weighted by Gasteiger charge is -2.24. The molecule has 0 spiro atoms. The van der Waals surface area contributed by atoms with Gasteiger partial charge in [-0.3, -0.25) is 4.57 Å². The van der Waals surface area contributed by atoms with Crippen molar-refractivity contribution in [2.45, 2.75) is 51.3 Å². The summed E-state index contributed by atoms with van der Waals surface area (Å²) in [7, 11) is 0. The molecule has 8 nitrogen and oxygen atoms in total. The lowest BCUT2D eigenvalue weighted by atomic mass is 10.1. The van der Waals surface area contributed by atoms with E-state index in [9.17, 15) is 14.3 Å². The summed E-state index contributed by atoms with van der Waals surface area (Å²) in [5.74, 6) is 1.56. The van der Waals surface area contributed by atoms with Gasteiger partial charge in [-0.05, 0) is 25.0 Å². The number of aliphatic hydroxyl groups is 1. The summed E-state index contributed by atoms with van der Waals surface area (Å²) in [6.45, 7) is 4.32. The van der Waals surface area contributed by atoms with Crippen LogP contribution in [0.5, 0.6) is 17.2 Å². The van der Waals surface area contributed by atoms with E-state index < -0.39 is 30.3 Å². The van der Waals surface area contributed by atoms with Gasteiger partial charge in [0.15, 0.2) is 29.7 Å². The number of anilines is 2. The standard InChI is InChI=1S/C19H22FN3O5/c1-3-8-26-11-6-5-7-12-15(11)21-17-13(27-12)9-23(19(25)22-17)18-14(20)16(24)10(4-2)28-18/h5-7,9-10,14,16,18,24H,3-4,8H2,1-2H3,(H,21,22,25)/t10-,14?,16+,18-/m1/s1.